The monoisotopic (exact) mass is 334 g/mol. The van der Waals surface area contributed by atoms with Gasteiger partial charge in [0.15, 0.2) is 5.96 Å². The highest BCUT2D eigenvalue weighted by Gasteiger charge is 2.30. The van der Waals surface area contributed by atoms with Crippen molar-refractivity contribution in [1.29, 1.82) is 0 Å². The van der Waals surface area contributed by atoms with Crippen molar-refractivity contribution in [3.8, 4) is 0 Å². The molecule has 2 heterocycles. The van der Waals surface area contributed by atoms with Gasteiger partial charge >= 0.3 is 0 Å². The van der Waals surface area contributed by atoms with Gasteiger partial charge in [0.1, 0.15) is 0 Å². The molecule has 1 aromatic rings. The number of aryl methyl sites for hydroxylation is 1. The molecule has 0 aromatic carbocycles. The molecule has 2 N–H and O–H groups in total. The van der Waals surface area contributed by atoms with Crippen molar-refractivity contribution in [3.05, 3.63) is 21.9 Å². The minimum atomic E-state index is 0.540. The Bertz CT molecular complexity index is 519. The number of nitrogens with zero attached hydrogens (tertiary/aromatic N) is 2. The molecular weight excluding hydrogens is 304 g/mol. The Labute approximate surface area is 144 Å². The second-order valence-electron chi connectivity index (χ2n) is 6.77. The van der Waals surface area contributed by atoms with Crippen LogP contribution in [0.1, 0.15) is 48.8 Å². The lowest BCUT2D eigenvalue weighted by atomic mass is 10.2. The lowest BCUT2D eigenvalue weighted by Gasteiger charge is -2.24. The molecule has 0 spiro atoms. The number of likely N-dealkylation sites (tertiary alicyclic amines) is 1. The Hall–Kier alpha value is -1.07. The first-order valence-corrected chi connectivity index (χ1v) is 9.90. The van der Waals surface area contributed by atoms with E-state index in [1.807, 2.05) is 11.3 Å². The van der Waals surface area contributed by atoms with Crippen molar-refractivity contribution in [2.24, 2.45) is 4.99 Å². The lowest BCUT2D eigenvalue weighted by molar-refractivity contribution is 0.242. The molecule has 3 rings (SSSR count). The molecule has 1 saturated carbocycles. The number of hydrogen-bond acceptors (Lipinski definition) is 3. The average Bonchev–Trinajstić information content (AvgIpc) is 3.26. The second kappa shape index (κ2) is 8.15. The Morgan fingerprint density at radius 3 is 2.83 bits per heavy atom. The summed E-state index contributed by atoms with van der Waals surface area (Å²) in [4.78, 5) is 10.2. The van der Waals surface area contributed by atoms with Gasteiger partial charge in [0, 0.05) is 41.5 Å². The van der Waals surface area contributed by atoms with E-state index in [2.05, 4.69) is 41.5 Å². The molecule has 0 bridgehead atoms. The molecule has 23 heavy (non-hydrogen) atoms. The first-order valence-electron chi connectivity index (χ1n) is 9.09. The third-order valence-corrected chi connectivity index (χ3v) is 5.92. The van der Waals surface area contributed by atoms with E-state index >= 15 is 0 Å². The molecule has 1 unspecified atom stereocenters. The van der Waals surface area contributed by atoms with E-state index in [4.69, 9.17) is 4.99 Å². The normalized spacial score (nSPS) is 23.6. The molecule has 1 aliphatic heterocycles. The molecule has 1 saturated heterocycles. The lowest BCUT2D eigenvalue weighted by Crippen LogP contribution is -2.45. The third-order valence-electron chi connectivity index (χ3n) is 4.93. The third kappa shape index (κ3) is 4.70. The fraction of sp³-hybridized carbons (Fsp3) is 0.722. The fourth-order valence-electron chi connectivity index (χ4n) is 3.75. The molecule has 1 aromatic heterocycles. The van der Waals surface area contributed by atoms with E-state index in [1.54, 1.807) is 0 Å². The van der Waals surface area contributed by atoms with E-state index in [-0.39, 0.29) is 0 Å². The van der Waals surface area contributed by atoms with Gasteiger partial charge in [-0.2, -0.15) is 0 Å². The number of guanidine groups is 1. The van der Waals surface area contributed by atoms with Crippen molar-refractivity contribution in [1.82, 2.24) is 15.5 Å². The molecule has 128 valence electrons. The van der Waals surface area contributed by atoms with Crippen LogP contribution in [0, 0.1) is 6.92 Å². The summed E-state index contributed by atoms with van der Waals surface area (Å²) < 4.78 is 0. The highest BCUT2D eigenvalue weighted by molar-refractivity contribution is 7.11. The standard InChI is InChI=1S/C18H30N4S/c1-3-19-18(20-12-17-9-8-14(2)23-17)21-15-10-11-22(13-15)16-6-4-5-7-16/h8-9,15-16H,3-7,10-13H2,1-2H3,(H2,19,20,21). The van der Waals surface area contributed by atoms with Crippen molar-refractivity contribution >= 4 is 17.3 Å². The van der Waals surface area contributed by atoms with E-state index in [0.717, 1.165) is 25.1 Å². The van der Waals surface area contributed by atoms with Gasteiger partial charge in [0.25, 0.3) is 0 Å². The van der Waals surface area contributed by atoms with Crippen LogP contribution in [-0.4, -0.2) is 42.6 Å². The van der Waals surface area contributed by atoms with Gasteiger partial charge in [-0.1, -0.05) is 12.8 Å². The second-order valence-corrected chi connectivity index (χ2v) is 8.14. The summed E-state index contributed by atoms with van der Waals surface area (Å²) in [6, 6.07) is 5.74. The largest absolute Gasteiger partial charge is 0.357 e. The van der Waals surface area contributed by atoms with Crippen molar-refractivity contribution in [2.75, 3.05) is 19.6 Å². The van der Waals surface area contributed by atoms with Crippen LogP contribution in [0.5, 0.6) is 0 Å². The maximum Gasteiger partial charge on any atom is 0.191 e. The summed E-state index contributed by atoms with van der Waals surface area (Å²) in [5.74, 6) is 0.969. The predicted octanol–water partition coefficient (Wildman–Crippen LogP) is 3.13. The summed E-state index contributed by atoms with van der Waals surface area (Å²) in [7, 11) is 0. The Morgan fingerprint density at radius 2 is 2.13 bits per heavy atom. The molecular formula is C18H30N4S. The molecule has 2 fully saturated rings. The van der Waals surface area contributed by atoms with Crippen molar-refractivity contribution < 1.29 is 0 Å². The maximum absolute atomic E-state index is 4.77. The maximum atomic E-state index is 4.77. The molecule has 0 radical (unpaired) electrons. The summed E-state index contributed by atoms with van der Waals surface area (Å²) >= 11 is 1.84. The Balaban J connectivity index is 1.52. The summed E-state index contributed by atoms with van der Waals surface area (Å²) in [5, 5.41) is 7.05. The average molecular weight is 335 g/mol. The first kappa shape index (κ1) is 16.8. The summed E-state index contributed by atoms with van der Waals surface area (Å²) in [6.07, 6.45) is 6.88. The van der Waals surface area contributed by atoms with Gasteiger partial charge in [-0.05, 0) is 45.2 Å². The topological polar surface area (TPSA) is 39.7 Å². The van der Waals surface area contributed by atoms with Crippen LogP contribution in [0.4, 0.5) is 0 Å². The Morgan fingerprint density at radius 1 is 1.30 bits per heavy atom. The highest BCUT2D eigenvalue weighted by Crippen LogP contribution is 2.26. The van der Waals surface area contributed by atoms with Gasteiger partial charge in [-0.3, -0.25) is 4.90 Å². The van der Waals surface area contributed by atoms with E-state index in [9.17, 15) is 0 Å². The van der Waals surface area contributed by atoms with E-state index in [0.29, 0.717) is 6.04 Å². The van der Waals surface area contributed by atoms with Gasteiger partial charge in [0.2, 0.25) is 0 Å². The predicted molar refractivity (Wildman–Crippen MR) is 99.2 cm³/mol. The number of nitrogens with one attached hydrogen (secondary N) is 2. The highest BCUT2D eigenvalue weighted by atomic mass is 32.1. The van der Waals surface area contributed by atoms with E-state index in [1.165, 1.54) is 54.9 Å². The van der Waals surface area contributed by atoms with Crippen LogP contribution < -0.4 is 10.6 Å². The number of rotatable bonds is 5. The van der Waals surface area contributed by atoms with Crippen LogP contribution in [0.15, 0.2) is 17.1 Å². The minimum absolute atomic E-state index is 0.540. The zero-order chi connectivity index (χ0) is 16.1. The minimum Gasteiger partial charge on any atom is -0.357 e. The molecule has 2 aliphatic rings. The van der Waals surface area contributed by atoms with Crippen molar-refractivity contribution in [2.45, 2.75) is 64.6 Å². The van der Waals surface area contributed by atoms with Crippen LogP contribution in [-0.2, 0) is 6.54 Å². The van der Waals surface area contributed by atoms with Gasteiger partial charge in [-0.25, -0.2) is 4.99 Å². The zero-order valence-corrected chi connectivity index (χ0v) is 15.3. The number of thiophene rings is 1. The zero-order valence-electron chi connectivity index (χ0n) is 14.5. The van der Waals surface area contributed by atoms with E-state index < -0.39 is 0 Å². The molecule has 0 amide bonds. The van der Waals surface area contributed by atoms with Crippen LogP contribution in [0.2, 0.25) is 0 Å². The van der Waals surface area contributed by atoms with Gasteiger partial charge in [-0.15, -0.1) is 11.3 Å². The summed E-state index contributed by atoms with van der Waals surface area (Å²) in [5.41, 5.74) is 0. The SMILES string of the molecule is CCNC(=NCc1ccc(C)s1)NC1CCN(C2CCCC2)C1. The van der Waals surface area contributed by atoms with Crippen LogP contribution >= 0.6 is 11.3 Å². The quantitative estimate of drug-likeness (QED) is 0.642. The summed E-state index contributed by atoms with van der Waals surface area (Å²) in [6.45, 7) is 8.38. The Kier molecular flexibility index (Phi) is 5.95. The number of aliphatic imine (C=N–C) groups is 1. The van der Waals surface area contributed by atoms with Gasteiger partial charge in [0.05, 0.1) is 6.54 Å². The van der Waals surface area contributed by atoms with Crippen LogP contribution in [0.25, 0.3) is 0 Å². The molecule has 1 aliphatic carbocycles. The molecule has 4 nitrogen and oxygen atoms in total. The van der Waals surface area contributed by atoms with Crippen LogP contribution in [0.3, 0.4) is 0 Å². The first-order chi connectivity index (χ1) is 11.2. The molecule has 1 atom stereocenters. The smallest absolute Gasteiger partial charge is 0.191 e. The fourth-order valence-corrected chi connectivity index (χ4v) is 4.56. The molecule has 5 heteroatoms. The van der Waals surface area contributed by atoms with Crippen molar-refractivity contribution in [3.63, 3.8) is 0 Å². The van der Waals surface area contributed by atoms with Gasteiger partial charge < -0.3 is 10.6 Å². The number of hydrogen-bond donors (Lipinski definition) is 2.